The standard InChI is InChI=1S/C26H35N3O3/c1-18-13-19(15-26(2,3)14-18)27-25(32)24(31)21-16-29(22-10-6-5-9-20(21)22)17-23(30)28-11-7-4-8-12-28/h5-6,9-10,16,18-19H,4,7-8,11-15,17H2,1-3H3,(H,27,32)/t18-,19+/m0/s1. The number of benzene rings is 1. The van der Waals surface area contributed by atoms with Crippen molar-refractivity contribution in [2.24, 2.45) is 11.3 Å². The summed E-state index contributed by atoms with van der Waals surface area (Å²) in [6.45, 7) is 8.41. The lowest BCUT2D eigenvalue weighted by molar-refractivity contribution is -0.132. The minimum atomic E-state index is -0.551. The van der Waals surface area contributed by atoms with Crippen LogP contribution in [0.5, 0.6) is 0 Å². The van der Waals surface area contributed by atoms with Crippen LogP contribution in [0.3, 0.4) is 0 Å². The molecular formula is C26H35N3O3. The fourth-order valence-corrected chi connectivity index (χ4v) is 5.78. The normalized spacial score (nSPS) is 23.2. The van der Waals surface area contributed by atoms with Crippen molar-refractivity contribution in [2.45, 2.75) is 71.9 Å². The van der Waals surface area contributed by atoms with Gasteiger partial charge in [-0.1, -0.05) is 39.0 Å². The van der Waals surface area contributed by atoms with Crippen molar-refractivity contribution < 1.29 is 14.4 Å². The molecule has 1 aliphatic carbocycles. The molecule has 172 valence electrons. The van der Waals surface area contributed by atoms with E-state index in [0.29, 0.717) is 11.5 Å². The summed E-state index contributed by atoms with van der Waals surface area (Å²) in [6, 6.07) is 7.52. The number of hydrogen-bond acceptors (Lipinski definition) is 3. The van der Waals surface area contributed by atoms with Crippen LogP contribution in [0, 0.1) is 11.3 Å². The number of carbonyl (C=O) groups is 3. The summed E-state index contributed by atoms with van der Waals surface area (Å²) in [4.78, 5) is 40.8. The Morgan fingerprint density at radius 2 is 1.78 bits per heavy atom. The third-order valence-electron chi connectivity index (χ3n) is 6.98. The highest BCUT2D eigenvalue weighted by Crippen LogP contribution is 2.38. The molecule has 0 bridgehead atoms. The molecule has 1 N–H and O–H groups in total. The molecule has 0 unspecified atom stereocenters. The van der Waals surface area contributed by atoms with Crippen molar-refractivity contribution in [3.05, 3.63) is 36.0 Å². The van der Waals surface area contributed by atoms with Gasteiger partial charge in [-0.15, -0.1) is 0 Å². The second-order valence-corrected chi connectivity index (χ2v) is 10.5. The molecule has 6 nitrogen and oxygen atoms in total. The molecule has 2 amide bonds. The predicted octanol–water partition coefficient (Wildman–Crippen LogP) is 4.17. The maximum Gasteiger partial charge on any atom is 0.292 e. The van der Waals surface area contributed by atoms with Crippen molar-refractivity contribution in [1.82, 2.24) is 14.8 Å². The van der Waals surface area contributed by atoms with E-state index < -0.39 is 11.7 Å². The number of nitrogens with zero attached hydrogens (tertiary/aromatic N) is 2. The molecule has 32 heavy (non-hydrogen) atoms. The van der Waals surface area contributed by atoms with Gasteiger partial charge in [-0.3, -0.25) is 14.4 Å². The van der Waals surface area contributed by atoms with Gasteiger partial charge in [-0.2, -0.15) is 0 Å². The van der Waals surface area contributed by atoms with Gasteiger partial charge in [0.15, 0.2) is 0 Å². The number of hydrogen-bond donors (Lipinski definition) is 1. The van der Waals surface area contributed by atoms with E-state index in [0.717, 1.165) is 56.1 Å². The molecule has 2 fully saturated rings. The molecule has 1 saturated carbocycles. The highest BCUT2D eigenvalue weighted by Gasteiger charge is 2.34. The molecule has 1 aromatic carbocycles. The number of rotatable bonds is 5. The second-order valence-electron chi connectivity index (χ2n) is 10.5. The van der Waals surface area contributed by atoms with Crippen LogP contribution in [-0.2, 0) is 16.1 Å². The second kappa shape index (κ2) is 9.08. The van der Waals surface area contributed by atoms with Crippen LogP contribution in [-0.4, -0.2) is 46.2 Å². The van der Waals surface area contributed by atoms with Gasteiger partial charge >= 0.3 is 0 Å². The Hall–Kier alpha value is -2.63. The fourth-order valence-electron chi connectivity index (χ4n) is 5.78. The van der Waals surface area contributed by atoms with Crippen molar-refractivity contribution in [3.8, 4) is 0 Å². The first kappa shape index (κ1) is 22.6. The third-order valence-corrected chi connectivity index (χ3v) is 6.98. The van der Waals surface area contributed by atoms with Crippen LogP contribution in [0.1, 0.15) is 69.7 Å². The fraction of sp³-hybridized carbons (Fsp3) is 0.577. The van der Waals surface area contributed by atoms with Crippen molar-refractivity contribution >= 4 is 28.5 Å². The average Bonchev–Trinajstić information content (AvgIpc) is 3.10. The molecule has 1 aromatic heterocycles. The number of nitrogens with one attached hydrogen (secondary N) is 1. The maximum atomic E-state index is 13.2. The topological polar surface area (TPSA) is 71.4 Å². The van der Waals surface area contributed by atoms with Gasteiger partial charge < -0.3 is 14.8 Å². The third kappa shape index (κ3) is 4.89. The lowest BCUT2D eigenvalue weighted by atomic mass is 9.70. The number of amides is 2. The minimum absolute atomic E-state index is 0.0132. The highest BCUT2D eigenvalue weighted by molar-refractivity contribution is 6.45. The van der Waals surface area contributed by atoms with E-state index in [1.165, 1.54) is 6.42 Å². The van der Waals surface area contributed by atoms with Gasteiger partial charge in [0, 0.05) is 36.2 Å². The summed E-state index contributed by atoms with van der Waals surface area (Å²) >= 11 is 0. The summed E-state index contributed by atoms with van der Waals surface area (Å²) in [5, 5.41) is 3.72. The molecule has 2 atom stereocenters. The lowest BCUT2D eigenvalue weighted by Crippen LogP contribution is -2.45. The van der Waals surface area contributed by atoms with Crippen LogP contribution >= 0.6 is 0 Å². The van der Waals surface area contributed by atoms with Gasteiger partial charge in [-0.05, 0) is 55.9 Å². The summed E-state index contributed by atoms with van der Waals surface area (Å²) in [5.74, 6) is -0.499. The number of carbonyl (C=O) groups excluding carboxylic acids is 3. The lowest BCUT2D eigenvalue weighted by Gasteiger charge is -2.39. The summed E-state index contributed by atoms with van der Waals surface area (Å²) in [5.41, 5.74) is 1.33. The van der Waals surface area contributed by atoms with Crippen LogP contribution in [0.25, 0.3) is 10.9 Å². The quantitative estimate of drug-likeness (QED) is 0.564. The molecule has 1 aliphatic heterocycles. The first-order valence-corrected chi connectivity index (χ1v) is 11.9. The van der Waals surface area contributed by atoms with E-state index in [2.05, 4.69) is 26.1 Å². The zero-order valence-corrected chi connectivity index (χ0v) is 19.5. The Balaban J connectivity index is 1.52. The van der Waals surface area contributed by atoms with Gasteiger partial charge in [0.25, 0.3) is 11.7 Å². The van der Waals surface area contributed by atoms with E-state index in [4.69, 9.17) is 0 Å². The van der Waals surface area contributed by atoms with E-state index in [1.807, 2.05) is 33.7 Å². The van der Waals surface area contributed by atoms with E-state index in [-0.39, 0.29) is 23.9 Å². The summed E-state index contributed by atoms with van der Waals surface area (Å²) < 4.78 is 1.82. The van der Waals surface area contributed by atoms with Crippen LogP contribution in [0.2, 0.25) is 0 Å². The number of fused-ring (bicyclic) bond motifs is 1. The van der Waals surface area contributed by atoms with Crippen molar-refractivity contribution in [2.75, 3.05) is 13.1 Å². The smallest absolute Gasteiger partial charge is 0.292 e. The Bertz CT molecular complexity index is 1020. The van der Waals surface area contributed by atoms with Gasteiger partial charge in [0.2, 0.25) is 5.91 Å². The number of para-hydroxylation sites is 1. The molecule has 0 spiro atoms. The zero-order valence-electron chi connectivity index (χ0n) is 19.5. The summed E-state index contributed by atoms with van der Waals surface area (Å²) in [7, 11) is 0. The van der Waals surface area contributed by atoms with E-state index in [1.54, 1.807) is 6.20 Å². The Kier molecular flexibility index (Phi) is 6.40. The predicted molar refractivity (Wildman–Crippen MR) is 125 cm³/mol. The summed E-state index contributed by atoms with van der Waals surface area (Å²) in [6.07, 6.45) is 7.84. The van der Waals surface area contributed by atoms with Gasteiger partial charge in [0.1, 0.15) is 6.54 Å². The number of ketones is 1. The number of Topliss-reactive ketones (excluding diaryl/α,β-unsaturated/α-hetero) is 1. The Morgan fingerprint density at radius 1 is 1.06 bits per heavy atom. The molecule has 2 aromatic rings. The van der Waals surface area contributed by atoms with E-state index in [9.17, 15) is 14.4 Å². The zero-order chi connectivity index (χ0) is 22.9. The molecule has 6 heteroatoms. The minimum Gasteiger partial charge on any atom is -0.346 e. The number of likely N-dealkylation sites (tertiary alicyclic amines) is 1. The highest BCUT2D eigenvalue weighted by atomic mass is 16.2. The van der Waals surface area contributed by atoms with Gasteiger partial charge in [0.05, 0.1) is 5.56 Å². The SMILES string of the molecule is C[C@H]1C[C@@H](NC(=O)C(=O)c2cn(CC(=O)N3CCCCC3)c3ccccc23)CC(C)(C)C1. The monoisotopic (exact) mass is 437 g/mol. The number of aromatic nitrogens is 1. The van der Waals surface area contributed by atoms with Crippen molar-refractivity contribution in [1.29, 1.82) is 0 Å². The Labute approximate surface area is 190 Å². The van der Waals surface area contributed by atoms with Crippen LogP contribution in [0.4, 0.5) is 0 Å². The first-order chi connectivity index (χ1) is 15.2. The Morgan fingerprint density at radius 3 is 2.50 bits per heavy atom. The largest absolute Gasteiger partial charge is 0.346 e. The first-order valence-electron chi connectivity index (χ1n) is 11.9. The molecule has 4 rings (SSSR count). The van der Waals surface area contributed by atoms with Crippen LogP contribution < -0.4 is 5.32 Å². The average molecular weight is 438 g/mol. The van der Waals surface area contributed by atoms with E-state index >= 15 is 0 Å². The molecule has 0 radical (unpaired) electrons. The molecular weight excluding hydrogens is 402 g/mol. The van der Waals surface area contributed by atoms with Crippen molar-refractivity contribution in [3.63, 3.8) is 0 Å². The molecule has 1 saturated heterocycles. The number of piperidine rings is 1. The molecule has 2 aliphatic rings. The van der Waals surface area contributed by atoms with Gasteiger partial charge in [-0.25, -0.2) is 0 Å². The molecule has 2 heterocycles. The maximum absolute atomic E-state index is 13.2. The van der Waals surface area contributed by atoms with Crippen LogP contribution in [0.15, 0.2) is 30.5 Å².